The van der Waals surface area contributed by atoms with Gasteiger partial charge in [-0.1, -0.05) is 37.2 Å². The van der Waals surface area contributed by atoms with Crippen LogP contribution < -0.4 is 0 Å². The fourth-order valence-electron chi connectivity index (χ4n) is 2.65. The van der Waals surface area contributed by atoms with Crippen LogP contribution in [0.25, 0.3) is 10.4 Å². The van der Waals surface area contributed by atoms with Crippen molar-refractivity contribution in [2.24, 2.45) is 17.0 Å². The largest absolute Gasteiger partial charge is 0.0903 e. The van der Waals surface area contributed by atoms with Crippen molar-refractivity contribution < 1.29 is 0 Å². The second-order valence-electron chi connectivity index (χ2n) is 4.85. The molecule has 0 amide bonds. The van der Waals surface area contributed by atoms with Crippen molar-refractivity contribution in [3.8, 4) is 0 Å². The molecule has 3 heteroatoms. The minimum Gasteiger partial charge on any atom is -0.0903 e. The summed E-state index contributed by atoms with van der Waals surface area (Å²) in [5.74, 6) is 1.58. The molecule has 0 heterocycles. The van der Waals surface area contributed by atoms with Crippen LogP contribution in [0.3, 0.4) is 0 Å². The number of rotatable bonds is 4. The Hall–Kier alpha value is -0.690. The van der Waals surface area contributed by atoms with Crippen molar-refractivity contribution in [3.05, 3.63) is 10.4 Å². The lowest BCUT2D eigenvalue weighted by Gasteiger charge is -2.24. The van der Waals surface area contributed by atoms with Crippen LogP contribution in [-0.2, 0) is 0 Å². The molecule has 2 aliphatic rings. The predicted molar refractivity (Wildman–Crippen MR) is 56.9 cm³/mol. The Morgan fingerprint density at radius 3 is 2.43 bits per heavy atom. The summed E-state index contributed by atoms with van der Waals surface area (Å²) in [4.78, 5) is 2.99. The summed E-state index contributed by atoms with van der Waals surface area (Å²) in [5.41, 5.74) is 8.50. The molecule has 3 nitrogen and oxygen atoms in total. The zero-order valence-corrected chi connectivity index (χ0v) is 8.73. The highest BCUT2D eigenvalue weighted by Crippen LogP contribution is 2.39. The Balaban J connectivity index is 1.82. The molecule has 78 valence electrons. The lowest BCUT2D eigenvalue weighted by atomic mass is 9.84. The monoisotopic (exact) mass is 193 g/mol. The Morgan fingerprint density at radius 2 is 1.86 bits per heavy atom. The summed E-state index contributed by atoms with van der Waals surface area (Å²) in [6.45, 7) is 0. The van der Waals surface area contributed by atoms with Crippen molar-refractivity contribution in [3.63, 3.8) is 0 Å². The third kappa shape index (κ3) is 2.65. The minimum atomic E-state index is 0.322. The van der Waals surface area contributed by atoms with E-state index in [1.54, 1.807) is 0 Å². The van der Waals surface area contributed by atoms with Gasteiger partial charge in [0.25, 0.3) is 0 Å². The van der Waals surface area contributed by atoms with Gasteiger partial charge >= 0.3 is 0 Å². The van der Waals surface area contributed by atoms with E-state index in [-0.39, 0.29) is 0 Å². The molecule has 0 aliphatic heterocycles. The minimum absolute atomic E-state index is 0.322. The Labute approximate surface area is 85.5 Å². The third-order valence-electron chi connectivity index (χ3n) is 3.67. The normalized spacial score (nSPS) is 25.4. The summed E-state index contributed by atoms with van der Waals surface area (Å²) in [7, 11) is 0. The first-order chi connectivity index (χ1) is 6.90. The molecule has 2 saturated carbocycles. The zero-order chi connectivity index (χ0) is 9.80. The van der Waals surface area contributed by atoms with E-state index in [1.807, 2.05) is 0 Å². The van der Waals surface area contributed by atoms with Crippen molar-refractivity contribution in [2.75, 3.05) is 0 Å². The summed E-state index contributed by atoms with van der Waals surface area (Å²) >= 11 is 0. The maximum atomic E-state index is 8.50. The topological polar surface area (TPSA) is 48.8 Å². The van der Waals surface area contributed by atoms with Crippen LogP contribution in [0.4, 0.5) is 0 Å². The van der Waals surface area contributed by atoms with Gasteiger partial charge in [-0.25, -0.2) is 0 Å². The number of azide groups is 1. The fraction of sp³-hybridized carbons (Fsp3) is 1.00. The number of hydrogen-bond donors (Lipinski definition) is 0. The molecule has 0 radical (unpaired) electrons. The van der Waals surface area contributed by atoms with Gasteiger partial charge < -0.3 is 0 Å². The van der Waals surface area contributed by atoms with Gasteiger partial charge in [0.15, 0.2) is 0 Å². The molecule has 0 aromatic carbocycles. The van der Waals surface area contributed by atoms with E-state index in [1.165, 1.54) is 44.9 Å². The highest BCUT2D eigenvalue weighted by Gasteiger charge is 2.32. The van der Waals surface area contributed by atoms with Crippen LogP contribution in [0.2, 0.25) is 0 Å². The first-order valence-electron chi connectivity index (χ1n) is 5.94. The van der Waals surface area contributed by atoms with E-state index in [0.29, 0.717) is 6.04 Å². The van der Waals surface area contributed by atoms with Crippen molar-refractivity contribution in [1.29, 1.82) is 0 Å². The van der Waals surface area contributed by atoms with Gasteiger partial charge in [0, 0.05) is 11.0 Å². The maximum Gasteiger partial charge on any atom is 0.0405 e. The molecule has 1 unspecified atom stereocenters. The lowest BCUT2D eigenvalue weighted by Crippen LogP contribution is -2.16. The van der Waals surface area contributed by atoms with Crippen molar-refractivity contribution in [2.45, 2.75) is 57.4 Å². The third-order valence-corrected chi connectivity index (χ3v) is 3.67. The van der Waals surface area contributed by atoms with Gasteiger partial charge in [-0.2, -0.15) is 0 Å². The van der Waals surface area contributed by atoms with E-state index in [4.69, 9.17) is 5.53 Å². The summed E-state index contributed by atoms with van der Waals surface area (Å²) < 4.78 is 0. The second kappa shape index (κ2) is 4.70. The second-order valence-corrected chi connectivity index (χ2v) is 4.85. The summed E-state index contributed by atoms with van der Waals surface area (Å²) in [5, 5.41) is 3.96. The van der Waals surface area contributed by atoms with Crippen LogP contribution in [0.15, 0.2) is 5.11 Å². The first kappa shape index (κ1) is 9.85. The standard InChI is InChI=1S/C11H19N3/c12-14-13-11(10-6-7-10)8-9-4-2-1-3-5-9/h9-11H,1-8H2. The zero-order valence-electron chi connectivity index (χ0n) is 8.73. The molecule has 0 spiro atoms. The molecule has 0 aromatic heterocycles. The quantitative estimate of drug-likeness (QED) is 0.367. The Bertz CT molecular complexity index is 223. The molecule has 0 aromatic rings. The van der Waals surface area contributed by atoms with Crippen molar-refractivity contribution in [1.82, 2.24) is 0 Å². The number of nitrogens with zero attached hydrogens (tertiary/aromatic N) is 3. The van der Waals surface area contributed by atoms with Crippen molar-refractivity contribution >= 4 is 0 Å². The summed E-state index contributed by atoms with van der Waals surface area (Å²) in [6.07, 6.45) is 10.7. The molecule has 0 bridgehead atoms. The molecule has 1 atom stereocenters. The SMILES string of the molecule is [N-]=[N+]=NC(CC1CCCCC1)C1CC1. The van der Waals surface area contributed by atoms with Gasteiger partial charge in [-0.05, 0) is 36.6 Å². The average molecular weight is 193 g/mol. The summed E-state index contributed by atoms with van der Waals surface area (Å²) in [6, 6.07) is 0.322. The van der Waals surface area contributed by atoms with E-state index in [0.717, 1.165) is 18.3 Å². The highest BCUT2D eigenvalue weighted by atomic mass is 15.2. The molecule has 14 heavy (non-hydrogen) atoms. The van der Waals surface area contributed by atoms with Crippen LogP contribution in [0, 0.1) is 11.8 Å². The van der Waals surface area contributed by atoms with Gasteiger partial charge in [-0.3, -0.25) is 0 Å². The predicted octanol–water partition coefficient (Wildman–Crippen LogP) is 4.05. The lowest BCUT2D eigenvalue weighted by molar-refractivity contribution is 0.308. The van der Waals surface area contributed by atoms with Gasteiger partial charge in [0.2, 0.25) is 0 Å². The highest BCUT2D eigenvalue weighted by molar-refractivity contribution is 4.88. The smallest absolute Gasteiger partial charge is 0.0405 e. The molecule has 2 aliphatic carbocycles. The molecule has 2 rings (SSSR count). The van der Waals surface area contributed by atoms with Gasteiger partial charge in [0.05, 0.1) is 0 Å². The molecule has 2 fully saturated rings. The van der Waals surface area contributed by atoms with Gasteiger partial charge in [-0.15, -0.1) is 0 Å². The van der Waals surface area contributed by atoms with Gasteiger partial charge in [0.1, 0.15) is 0 Å². The first-order valence-corrected chi connectivity index (χ1v) is 5.94. The molecule has 0 saturated heterocycles. The van der Waals surface area contributed by atoms with Crippen LogP contribution in [0.1, 0.15) is 51.4 Å². The van der Waals surface area contributed by atoms with E-state index in [2.05, 4.69) is 10.0 Å². The van der Waals surface area contributed by atoms with E-state index >= 15 is 0 Å². The Morgan fingerprint density at radius 1 is 1.14 bits per heavy atom. The van der Waals surface area contributed by atoms with Crippen LogP contribution >= 0.6 is 0 Å². The van der Waals surface area contributed by atoms with E-state index < -0.39 is 0 Å². The molecular weight excluding hydrogens is 174 g/mol. The molecule has 0 N–H and O–H groups in total. The fourth-order valence-corrected chi connectivity index (χ4v) is 2.65. The Kier molecular flexibility index (Phi) is 3.30. The van der Waals surface area contributed by atoms with E-state index in [9.17, 15) is 0 Å². The number of hydrogen-bond acceptors (Lipinski definition) is 1. The molecular formula is C11H19N3. The maximum absolute atomic E-state index is 8.50. The van der Waals surface area contributed by atoms with Crippen LogP contribution in [0.5, 0.6) is 0 Å². The van der Waals surface area contributed by atoms with Crippen LogP contribution in [-0.4, -0.2) is 6.04 Å². The average Bonchev–Trinajstić information content (AvgIpc) is 3.02.